The first-order chi connectivity index (χ1) is 14.4. The first-order valence-electron chi connectivity index (χ1n) is 10.2. The van der Waals surface area contributed by atoms with Crippen LogP contribution in [0.4, 0.5) is 17.1 Å². The molecule has 3 aromatic carbocycles. The molecular formula is C25H24N4. The van der Waals surface area contributed by atoms with Crippen LogP contribution < -0.4 is 10.6 Å². The van der Waals surface area contributed by atoms with Crippen molar-refractivity contribution < 1.29 is 0 Å². The highest BCUT2D eigenvalue weighted by Crippen LogP contribution is 2.37. The average molecular weight is 380 g/mol. The van der Waals surface area contributed by atoms with Crippen molar-refractivity contribution in [3.63, 3.8) is 0 Å². The number of rotatable bonds is 5. The van der Waals surface area contributed by atoms with Gasteiger partial charge in [-0.25, -0.2) is 0 Å². The first-order valence-corrected chi connectivity index (χ1v) is 10.2. The van der Waals surface area contributed by atoms with Crippen LogP contribution in [0.25, 0.3) is 11.1 Å². The van der Waals surface area contributed by atoms with Crippen molar-refractivity contribution in [2.24, 2.45) is 0 Å². The molecule has 2 N–H and O–H groups in total. The highest BCUT2D eigenvalue weighted by molar-refractivity contribution is 5.84. The molecule has 4 heteroatoms. The van der Waals surface area contributed by atoms with E-state index in [-0.39, 0.29) is 0 Å². The summed E-state index contributed by atoms with van der Waals surface area (Å²) in [5.74, 6) is 0. The lowest BCUT2D eigenvalue weighted by atomic mass is 9.97. The molecule has 144 valence electrons. The third-order valence-corrected chi connectivity index (χ3v) is 5.49. The third-order valence-electron chi connectivity index (χ3n) is 5.49. The summed E-state index contributed by atoms with van der Waals surface area (Å²) in [6.07, 6.45) is 5.90. The molecule has 2 heterocycles. The van der Waals surface area contributed by atoms with Gasteiger partial charge in [0.25, 0.3) is 0 Å². The highest BCUT2D eigenvalue weighted by Gasteiger charge is 2.16. The molecule has 1 aliphatic rings. The molecule has 29 heavy (non-hydrogen) atoms. The SMILES string of the molecule is c1ccc(-c2cc3c(cc2NCCn2cccn2)Nc2ccccc2CC3)cc1. The summed E-state index contributed by atoms with van der Waals surface area (Å²) in [5, 5.41) is 11.6. The lowest BCUT2D eigenvalue weighted by Crippen LogP contribution is -2.12. The molecule has 0 aliphatic carbocycles. The van der Waals surface area contributed by atoms with Crippen LogP contribution in [-0.2, 0) is 19.4 Å². The number of hydrogen-bond donors (Lipinski definition) is 2. The fourth-order valence-corrected chi connectivity index (χ4v) is 3.98. The van der Waals surface area contributed by atoms with Crippen molar-refractivity contribution in [1.29, 1.82) is 0 Å². The smallest absolute Gasteiger partial charge is 0.0582 e. The van der Waals surface area contributed by atoms with Crippen molar-refractivity contribution in [2.45, 2.75) is 19.4 Å². The van der Waals surface area contributed by atoms with E-state index >= 15 is 0 Å². The summed E-state index contributed by atoms with van der Waals surface area (Å²) in [5.41, 5.74) is 8.76. The number of benzene rings is 3. The number of hydrogen-bond acceptors (Lipinski definition) is 3. The van der Waals surface area contributed by atoms with Gasteiger partial charge < -0.3 is 10.6 Å². The molecule has 0 radical (unpaired) electrons. The maximum Gasteiger partial charge on any atom is 0.0582 e. The topological polar surface area (TPSA) is 41.9 Å². The molecule has 1 aliphatic heterocycles. The van der Waals surface area contributed by atoms with E-state index in [1.807, 2.05) is 23.1 Å². The minimum atomic E-state index is 0.816. The van der Waals surface area contributed by atoms with Gasteiger partial charge in [0.1, 0.15) is 0 Å². The average Bonchev–Trinajstić information content (AvgIpc) is 3.21. The van der Waals surface area contributed by atoms with Gasteiger partial charge in [-0.1, -0.05) is 48.5 Å². The Labute approximate surface area is 171 Å². The maximum atomic E-state index is 4.30. The minimum Gasteiger partial charge on any atom is -0.383 e. The van der Waals surface area contributed by atoms with Crippen molar-refractivity contribution in [3.8, 4) is 11.1 Å². The number of aryl methyl sites for hydroxylation is 2. The van der Waals surface area contributed by atoms with E-state index in [2.05, 4.69) is 82.5 Å². The second-order valence-corrected chi connectivity index (χ2v) is 7.40. The minimum absolute atomic E-state index is 0.816. The van der Waals surface area contributed by atoms with Gasteiger partial charge in [0.15, 0.2) is 0 Å². The molecule has 5 rings (SSSR count). The Morgan fingerprint density at radius 3 is 2.55 bits per heavy atom. The van der Waals surface area contributed by atoms with Crippen LogP contribution in [0.2, 0.25) is 0 Å². The molecule has 1 aromatic heterocycles. The van der Waals surface area contributed by atoms with Crippen LogP contribution in [0, 0.1) is 0 Å². The number of nitrogens with one attached hydrogen (secondary N) is 2. The number of anilines is 3. The Hall–Kier alpha value is -3.53. The molecule has 0 spiro atoms. The van der Waals surface area contributed by atoms with Crippen LogP contribution in [-0.4, -0.2) is 16.3 Å². The van der Waals surface area contributed by atoms with Gasteiger partial charge in [-0.15, -0.1) is 0 Å². The van der Waals surface area contributed by atoms with Gasteiger partial charge in [0.05, 0.1) is 6.54 Å². The lowest BCUT2D eigenvalue weighted by molar-refractivity contribution is 0.638. The van der Waals surface area contributed by atoms with E-state index in [0.717, 1.165) is 31.6 Å². The Kier molecular flexibility index (Phi) is 4.75. The van der Waals surface area contributed by atoms with Gasteiger partial charge in [0, 0.05) is 41.6 Å². The van der Waals surface area contributed by atoms with E-state index in [9.17, 15) is 0 Å². The Morgan fingerprint density at radius 1 is 0.862 bits per heavy atom. The van der Waals surface area contributed by atoms with Gasteiger partial charge >= 0.3 is 0 Å². The normalized spacial score (nSPS) is 12.4. The van der Waals surface area contributed by atoms with Gasteiger partial charge in [-0.2, -0.15) is 5.10 Å². The molecule has 0 saturated carbocycles. The zero-order chi connectivity index (χ0) is 19.5. The molecule has 4 nitrogen and oxygen atoms in total. The number of nitrogens with zero attached hydrogens (tertiary/aromatic N) is 2. The maximum absolute atomic E-state index is 4.30. The molecule has 0 atom stereocenters. The van der Waals surface area contributed by atoms with E-state index < -0.39 is 0 Å². The number of fused-ring (bicyclic) bond motifs is 2. The van der Waals surface area contributed by atoms with Crippen molar-refractivity contribution in [3.05, 3.63) is 96.3 Å². The second-order valence-electron chi connectivity index (χ2n) is 7.40. The Balaban J connectivity index is 1.50. The molecule has 4 aromatic rings. The highest BCUT2D eigenvalue weighted by atomic mass is 15.3. The second kappa shape index (κ2) is 7.84. The zero-order valence-corrected chi connectivity index (χ0v) is 16.3. The fourth-order valence-electron chi connectivity index (χ4n) is 3.98. The monoisotopic (exact) mass is 380 g/mol. The van der Waals surface area contributed by atoms with Crippen molar-refractivity contribution in [1.82, 2.24) is 9.78 Å². The predicted molar refractivity (Wildman–Crippen MR) is 120 cm³/mol. The van der Waals surface area contributed by atoms with Crippen LogP contribution in [0.1, 0.15) is 11.1 Å². The lowest BCUT2D eigenvalue weighted by Gasteiger charge is -2.18. The summed E-state index contributed by atoms with van der Waals surface area (Å²) in [4.78, 5) is 0. The molecule has 0 amide bonds. The number of para-hydroxylation sites is 1. The largest absolute Gasteiger partial charge is 0.383 e. The van der Waals surface area contributed by atoms with E-state index in [0.29, 0.717) is 0 Å². The Bertz CT molecular complexity index is 1100. The summed E-state index contributed by atoms with van der Waals surface area (Å²) < 4.78 is 1.95. The summed E-state index contributed by atoms with van der Waals surface area (Å²) in [6.45, 7) is 1.64. The summed E-state index contributed by atoms with van der Waals surface area (Å²) in [6, 6.07) is 25.8. The standard InChI is InChI=1S/C25H24N4/c1-2-7-19(8-3-1)22-17-21-12-11-20-9-4-5-10-23(20)28-24(21)18-25(22)26-14-16-29-15-6-13-27-29/h1-10,13,15,17-18,26,28H,11-12,14,16H2. The van der Waals surface area contributed by atoms with E-state index in [4.69, 9.17) is 0 Å². The molecule has 0 saturated heterocycles. The van der Waals surface area contributed by atoms with Gasteiger partial charge in [-0.05, 0) is 53.8 Å². The van der Waals surface area contributed by atoms with Crippen LogP contribution in [0.15, 0.2) is 85.2 Å². The Morgan fingerprint density at radius 2 is 1.69 bits per heavy atom. The zero-order valence-electron chi connectivity index (χ0n) is 16.3. The van der Waals surface area contributed by atoms with Crippen LogP contribution in [0.3, 0.4) is 0 Å². The van der Waals surface area contributed by atoms with Gasteiger partial charge in [-0.3, -0.25) is 4.68 Å². The number of aromatic nitrogens is 2. The van der Waals surface area contributed by atoms with Gasteiger partial charge in [0.2, 0.25) is 0 Å². The molecule has 0 fully saturated rings. The van der Waals surface area contributed by atoms with Crippen molar-refractivity contribution in [2.75, 3.05) is 17.2 Å². The van der Waals surface area contributed by atoms with Crippen LogP contribution in [0.5, 0.6) is 0 Å². The first kappa shape index (κ1) is 17.6. The quantitative estimate of drug-likeness (QED) is 0.480. The third kappa shape index (κ3) is 3.74. The predicted octanol–water partition coefficient (Wildman–Crippen LogP) is 5.50. The summed E-state index contributed by atoms with van der Waals surface area (Å²) >= 11 is 0. The van der Waals surface area contributed by atoms with E-state index in [1.54, 1.807) is 0 Å². The fraction of sp³-hybridized carbons (Fsp3) is 0.160. The summed E-state index contributed by atoms with van der Waals surface area (Å²) in [7, 11) is 0. The molecular weight excluding hydrogens is 356 g/mol. The van der Waals surface area contributed by atoms with E-state index in [1.165, 1.54) is 33.6 Å². The van der Waals surface area contributed by atoms with Crippen molar-refractivity contribution >= 4 is 17.1 Å². The van der Waals surface area contributed by atoms with Crippen LogP contribution >= 0.6 is 0 Å². The molecule has 0 bridgehead atoms. The molecule has 0 unspecified atom stereocenters.